The number of nitrogens with zero attached hydrogens (tertiary/aromatic N) is 1. The summed E-state index contributed by atoms with van der Waals surface area (Å²) >= 11 is 0. The molecule has 0 bridgehead atoms. The zero-order chi connectivity index (χ0) is 24.6. The first-order valence-electron chi connectivity index (χ1n) is 11.0. The van der Waals surface area contributed by atoms with Crippen molar-refractivity contribution in [2.45, 2.75) is 25.8 Å². The number of hydrogen-bond donors (Lipinski definition) is 3. The van der Waals surface area contributed by atoms with E-state index in [-0.39, 0.29) is 48.0 Å². The van der Waals surface area contributed by atoms with E-state index in [9.17, 15) is 14.4 Å². The second-order valence-electron chi connectivity index (χ2n) is 7.14. The van der Waals surface area contributed by atoms with Gasteiger partial charge in [0.05, 0.1) is 12.5 Å². The van der Waals surface area contributed by atoms with Crippen molar-refractivity contribution in [2.75, 3.05) is 13.2 Å². The summed E-state index contributed by atoms with van der Waals surface area (Å²) in [6, 6.07) is 7.83. The van der Waals surface area contributed by atoms with Gasteiger partial charge >= 0.3 is 23.0 Å². The number of carbonyl (C=O) groups is 3. The summed E-state index contributed by atoms with van der Waals surface area (Å²) in [4.78, 5) is 40.5. The first-order valence-corrected chi connectivity index (χ1v) is 11.0. The van der Waals surface area contributed by atoms with Crippen LogP contribution < -0.4 is 16.4 Å². The molecule has 2 aliphatic carbocycles. The summed E-state index contributed by atoms with van der Waals surface area (Å²) in [5, 5.41) is 5.19. The van der Waals surface area contributed by atoms with E-state index in [0.29, 0.717) is 24.3 Å². The van der Waals surface area contributed by atoms with E-state index in [1.165, 1.54) is 0 Å². The van der Waals surface area contributed by atoms with E-state index in [4.69, 9.17) is 10.5 Å². The van der Waals surface area contributed by atoms with Crippen LogP contribution in [0.5, 0.6) is 0 Å². The number of carbonyl (C=O) groups excluding carboxylic acids is 3. The third-order valence-electron chi connectivity index (χ3n) is 4.57. The van der Waals surface area contributed by atoms with Crippen LogP contribution in [0.2, 0.25) is 0 Å². The van der Waals surface area contributed by atoms with Crippen LogP contribution in [-0.4, -0.2) is 42.9 Å². The molecule has 1 atom stereocenters. The first kappa shape index (κ1) is 30.7. The molecule has 0 spiro atoms. The van der Waals surface area contributed by atoms with Gasteiger partial charge in [-0.15, -0.1) is 0 Å². The molecule has 4 N–H and O–H groups in total. The van der Waals surface area contributed by atoms with Gasteiger partial charge in [-0.2, -0.15) is 0 Å². The Morgan fingerprint density at radius 3 is 2.11 bits per heavy atom. The largest absolute Gasteiger partial charge is 2.00 e. The van der Waals surface area contributed by atoms with Gasteiger partial charge in [-0.3, -0.25) is 19.9 Å². The summed E-state index contributed by atoms with van der Waals surface area (Å²) < 4.78 is 5.04. The number of aliphatic imine (C=N–C) groups is 1. The fourth-order valence-electron chi connectivity index (χ4n) is 2.89. The monoisotopic (exact) mass is 518 g/mol. The maximum absolute atomic E-state index is 12.3. The maximum atomic E-state index is 12.3. The first-order chi connectivity index (χ1) is 16.5. The third kappa shape index (κ3) is 12.2. The molecule has 10 radical (unpaired) electrons. The Morgan fingerprint density at radius 2 is 1.54 bits per heavy atom. The van der Waals surface area contributed by atoms with Gasteiger partial charge in [-0.05, 0) is 89.7 Å². The molecule has 3 rings (SSSR count). The van der Waals surface area contributed by atoms with Gasteiger partial charge in [-0.1, -0.05) is 18.2 Å². The van der Waals surface area contributed by atoms with Gasteiger partial charge in [0.25, 0.3) is 5.91 Å². The summed E-state index contributed by atoms with van der Waals surface area (Å²) in [7, 11) is 0. The van der Waals surface area contributed by atoms with Gasteiger partial charge in [0.2, 0.25) is 5.91 Å². The van der Waals surface area contributed by atoms with Crippen molar-refractivity contribution in [3.8, 4) is 0 Å². The minimum absolute atomic E-state index is 0. The van der Waals surface area contributed by atoms with Crippen molar-refractivity contribution >= 4 is 23.7 Å². The molecular formula is C26H30FeN4O4+2. The normalized spacial score (nSPS) is 16.3. The predicted octanol–water partition coefficient (Wildman–Crippen LogP) is 1.98. The number of esters is 1. The molecule has 9 heteroatoms. The van der Waals surface area contributed by atoms with Crippen LogP contribution in [0.4, 0.5) is 0 Å². The Hall–Kier alpha value is -2.38. The van der Waals surface area contributed by atoms with Gasteiger partial charge in [0.1, 0.15) is 6.04 Å². The second-order valence-corrected chi connectivity index (χ2v) is 7.14. The molecular weight excluding hydrogens is 488 g/mol. The van der Waals surface area contributed by atoms with E-state index in [1.54, 1.807) is 62.9 Å². The van der Waals surface area contributed by atoms with Crippen LogP contribution in [-0.2, 0) is 31.4 Å². The molecule has 2 aliphatic rings. The van der Waals surface area contributed by atoms with Crippen LogP contribution in [0, 0.1) is 63.7 Å². The minimum Gasteiger partial charge on any atom is -0.464 e. The maximum Gasteiger partial charge on any atom is 2.00 e. The number of ether oxygens (including phenoxy) is 1. The predicted molar refractivity (Wildman–Crippen MR) is 130 cm³/mol. The van der Waals surface area contributed by atoms with Crippen molar-refractivity contribution in [1.29, 1.82) is 0 Å². The molecule has 1 aromatic rings. The fourth-order valence-corrected chi connectivity index (χ4v) is 2.89. The van der Waals surface area contributed by atoms with Crippen LogP contribution in [0.15, 0.2) is 35.3 Å². The zero-order valence-corrected chi connectivity index (χ0v) is 20.6. The molecule has 2 fully saturated rings. The van der Waals surface area contributed by atoms with Gasteiger partial charge in [-0.25, -0.2) is 4.79 Å². The summed E-state index contributed by atoms with van der Waals surface area (Å²) in [5.74, 6) is -0.700. The summed E-state index contributed by atoms with van der Waals surface area (Å²) in [5.41, 5.74) is 6.18. The van der Waals surface area contributed by atoms with E-state index in [2.05, 4.69) is 15.6 Å². The van der Waals surface area contributed by atoms with E-state index in [0.717, 1.165) is 0 Å². The molecule has 2 saturated carbocycles. The number of benzene rings is 1. The van der Waals surface area contributed by atoms with E-state index in [1.807, 2.05) is 32.1 Å². The number of rotatable bonds is 9. The Morgan fingerprint density at radius 1 is 0.943 bits per heavy atom. The van der Waals surface area contributed by atoms with Crippen molar-refractivity contribution in [2.24, 2.45) is 10.7 Å². The fraction of sp³-hybridized carbons (Fsp3) is 0.231. The van der Waals surface area contributed by atoms with E-state index >= 15 is 0 Å². The molecule has 0 unspecified atom stereocenters. The second kappa shape index (κ2) is 18.0. The Kier molecular flexibility index (Phi) is 15.7. The molecule has 35 heavy (non-hydrogen) atoms. The standard InChI is InChI=1S/C21H25N4O4.C5H5.Fe/c1-2-29-20(28)17(24-18(26)15-9-4-3-5-10-15)13-8-14-23-21(22)25-19(27)16-11-6-7-12-16;1-2-4-5-3-1;/h3-7,9-12,17H,2,8,13-14H2,1H3,(H,24,26)(H3,22,23,25,27);1-5H;/q;;+2/t17-;;/m0../s1. The third-order valence-corrected chi connectivity index (χ3v) is 4.57. The average Bonchev–Trinajstić information content (AvgIpc) is 3.59. The molecule has 0 heterocycles. The van der Waals surface area contributed by atoms with Gasteiger partial charge < -0.3 is 15.8 Å². The van der Waals surface area contributed by atoms with Gasteiger partial charge in [0.15, 0.2) is 5.96 Å². The average molecular weight is 518 g/mol. The quantitative estimate of drug-likeness (QED) is 0.152. The smallest absolute Gasteiger partial charge is 0.464 e. The SMILES string of the molecule is CCOC(=O)[C@H](CCCN=C(N)NC(=O)[C]1[CH][CH][CH][CH]1)NC(=O)c1ccccc1.[CH]1[CH][CH][CH][CH]1.[Fe+2]. The molecule has 8 nitrogen and oxygen atoms in total. The van der Waals surface area contributed by atoms with Crippen molar-refractivity contribution in [3.63, 3.8) is 0 Å². The Bertz CT molecular complexity index is 786. The van der Waals surface area contributed by atoms with Crippen LogP contribution in [0.3, 0.4) is 0 Å². The number of nitrogens with two attached hydrogens (primary N) is 1. The Labute approximate surface area is 219 Å². The van der Waals surface area contributed by atoms with Crippen molar-refractivity contribution < 1.29 is 36.2 Å². The van der Waals surface area contributed by atoms with E-state index < -0.39 is 12.0 Å². The minimum atomic E-state index is -0.794. The Balaban J connectivity index is 0.000000904. The van der Waals surface area contributed by atoms with Crippen molar-refractivity contribution in [1.82, 2.24) is 10.6 Å². The topological polar surface area (TPSA) is 123 Å². The number of nitrogens with one attached hydrogen (secondary N) is 2. The summed E-state index contributed by atoms with van der Waals surface area (Å²) in [6.07, 6.45) is 17.6. The number of hydrogen-bond acceptors (Lipinski definition) is 5. The van der Waals surface area contributed by atoms with Crippen LogP contribution in [0.25, 0.3) is 0 Å². The molecule has 1 aromatic carbocycles. The molecule has 2 amide bonds. The molecule has 0 aliphatic heterocycles. The molecule has 0 saturated heterocycles. The molecule has 0 aromatic heterocycles. The number of guanidine groups is 1. The van der Waals surface area contributed by atoms with Crippen molar-refractivity contribution in [3.05, 3.63) is 99.6 Å². The van der Waals surface area contributed by atoms with Crippen LogP contribution >= 0.6 is 0 Å². The number of amides is 2. The zero-order valence-electron chi connectivity index (χ0n) is 19.5. The summed E-state index contributed by atoms with van der Waals surface area (Å²) in [6.45, 7) is 2.20. The van der Waals surface area contributed by atoms with Gasteiger partial charge in [0, 0.05) is 12.1 Å². The molecule has 184 valence electrons. The van der Waals surface area contributed by atoms with Crippen LogP contribution in [0.1, 0.15) is 30.1 Å².